The molecular formula is C35H32FN5O4S. The first-order chi connectivity index (χ1) is 22.2. The second-order valence-electron chi connectivity index (χ2n) is 11.1. The number of benzene rings is 3. The molecule has 46 heavy (non-hydrogen) atoms. The van der Waals surface area contributed by atoms with E-state index >= 15 is 0 Å². The van der Waals surface area contributed by atoms with Crippen molar-refractivity contribution in [3.8, 4) is 11.3 Å². The molecule has 234 valence electrons. The molecule has 6 aromatic rings. The molecular weight excluding hydrogens is 605 g/mol. The molecule has 11 heteroatoms. The van der Waals surface area contributed by atoms with Crippen LogP contribution in [0.5, 0.6) is 0 Å². The number of pyridine rings is 1. The van der Waals surface area contributed by atoms with Crippen molar-refractivity contribution < 1.29 is 17.5 Å². The van der Waals surface area contributed by atoms with Gasteiger partial charge in [0.1, 0.15) is 5.82 Å². The first kappa shape index (κ1) is 31.0. The zero-order valence-electron chi connectivity index (χ0n) is 25.4. The van der Waals surface area contributed by atoms with E-state index in [1.54, 1.807) is 54.3 Å². The molecule has 3 aromatic heterocycles. The average Bonchev–Trinajstić information content (AvgIpc) is 3.42. The molecule has 0 saturated heterocycles. The van der Waals surface area contributed by atoms with E-state index in [0.717, 1.165) is 22.2 Å². The van der Waals surface area contributed by atoms with Crippen LogP contribution in [-0.4, -0.2) is 38.3 Å². The Kier molecular flexibility index (Phi) is 8.87. The molecule has 0 spiro atoms. The van der Waals surface area contributed by atoms with Crippen molar-refractivity contribution in [2.45, 2.75) is 37.8 Å². The standard InChI is InChI=1S/C35H32FN5O4S/c1-24-18-31(27-13-15-34(42)41(21-27)20-25-12-14-30-32(19-25)40(2)23-37-30)39-35(38-24)46(43,44)17-16-33(26-8-4-3-5-9-26)45-22-28-10-6-7-11-29(28)36/h3-15,18-19,21,23,33H,16-17,20,22H2,1-2H3. The van der Waals surface area contributed by atoms with Crippen LogP contribution in [0.3, 0.4) is 0 Å². The van der Waals surface area contributed by atoms with Gasteiger partial charge in [0.2, 0.25) is 15.0 Å². The minimum absolute atomic E-state index is 0.0109. The quantitative estimate of drug-likeness (QED) is 0.165. The molecule has 6 rings (SSSR count). The molecule has 3 heterocycles. The van der Waals surface area contributed by atoms with Crippen molar-refractivity contribution in [2.24, 2.45) is 7.05 Å². The van der Waals surface area contributed by atoms with E-state index in [4.69, 9.17) is 4.74 Å². The summed E-state index contributed by atoms with van der Waals surface area (Å²) in [6, 6.07) is 26.2. The second-order valence-corrected chi connectivity index (χ2v) is 13.2. The lowest BCUT2D eigenvalue weighted by atomic mass is 10.1. The molecule has 0 aliphatic carbocycles. The third-order valence-corrected chi connectivity index (χ3v) is 9.26. The Bertz CT molecular complexity index is 2180. The van der Waals surface area contributed by atoms with E-state index < -0.39 is 15.9 Å². The van der Waals surface area contributed by atoms with Crippen molar-refractivity contribution in [1.29, 1.82) is 0 Å². The Morgan fingerprint density at radius 2 is 1.72 bits per heavy atom. The summed E-state index contributed by atoms with van der Waals surface area (Å²) in [6.07, 6.45) is 2.93. The van der Waals surface area contributed by atoms with Crippen LogP contribution in [0.25, 0.3) is 22.3 Å². The number of hydrogen-bond acceptors (Lipinski definition) is 7. The normalized spacial score (nSPS) is 12.4. The monoisotopic (exact) mass is 637 g/mol. The van der Waals surface area contributed by atoms with Gasteiger partial charge in [-0.1, -0.05) is 54.6 Å². The first-order valence-electron chi connectivity index (χ1n) is 14.8. The maximum Gasteiger partial charge on any atom is 0.250 e. The number of aryl methyl sites for hydroxylation is 2. The Morgan fingerprint density at radius 1 is 0.935 bits per heavy atom. The van der Waals surface area contributed by atoms with Crippen LogP contribution < -0.4 is 5.56 Å². The molecule has 0 fully saturated rings. The summed E-state index contributed by atoms with van der Waals surface area (Å²) in [5.41, 5.74) is 5.15. The topological polar surface area (TPSA) is 109 Å². The fourth-order valence-electron chi connectivity index (χ4n) is 5.27. The number of fused-ring (bicyclic) bond motifs is 1. The Hall–Kier alpha value is -5.00. The summed E-state index contributed by atoms with van der Waals surface area (Å²) in [4.78, 5) is 25.8. The van der Waals surface area contributed by atoms with E-state index in [1.165, 1.54) is 12.1 Å². The first-order valence-corrected chi connectivity index (χ1v) is 16.4. The highest BCUT2D eigenvalue weighted by Crippen LogP contribution is 2.26. The minimum atomic E-state index is -3.95. The summed E-state index contributed by atoms with van der Waals surface area (Å²) in [7, 11) is -2.03. The third kappa shape index (κ3) is 6.95. The predicted octanol–water partition coefficient (Wildman–Crippen LogP) is 5.81. The molecule has 3 aromatic carbocycles. The lowest BCUT2D eigenvalue weighted by molar-refractivity contribution is 0.0361. The molecule has 0 amide bonds. The zero-order chi connectivity index (χ0) is 32.3. The lowest BCUT2D eigenvalue weighted by Gasteiger charge is -2.19. The third-order valence-electron chi connectivity index (χ3n) is 7.75. The van der Waals surface area contributed by atoms with Gasteiger partial charge in [-0.25, -0.2) is 27.8 Å². The number of halogens is 1. The Labute approximate surface area is 265 Å². The fraction of sp³-hybridized carbons (Fsp3) is 0.200. The highest BCUT2D eigenvalue weighted by molar-refractivity contribution is 7.91. The van der Waals surface area contributed by atoms with Gasteiger partial charge < -0.3 is 13.9 Å². The maximum atomic E-state index is 14.3. The minimum Gasteiger partial charge on any atom is -0.369 e. The van der Waals surface area contributed by atoms with Gasteiger partial charge in [0.15, 0.2) is 0 Å². The molecule has 0 saturated carbocycles. The molecule has 0 bridgehead atoms. The number of nitrogens with zero attached hydrogens (tertiary/aromatic N) is 5. The van der Waals surface area contributed by atoms with Gasteiger partial charge in [-0.05, 0) is 54.8 Å². The summed E-state index contributed by atoms with van der Waals surface area (Å²) >= 11 is 0. The number of imidazole rings is 1. The molecule has 0 radical (unpaired) electrons. The van der Waals surface area contributed by atoms with Gasteiger partial charge in [-0.3, -0.25) is 4.79 Å². The van der Waals surface area contributed by atoms with Crippen molar-refractivity contribution in [2.75, 3.05) is 5.75 Å². The van der Waals surface area contributed by atoms with E-state index in [2.05, 4.69) is 15.0 Å². The Morgan fingerprint density at radius 3 is 2.52 bits per heavy atom. The molecule has 0 aliphatic heterocycles. The van der Waals surface area contributed by atoms with Crippen LogP contribution in [0.15, 0.2) is 113 Å². The van der Waals surface area contributed by atoms with Crippen LogP contribution in [0.1, 0.15) is 34.9 Å². The van der Waals surface area contributed by atoms with Crippen LogP contribution in [0.4, 0.5) is 4.39 Å². The van der Waals surface area contributed by atoms with E-state index in [0.29, 0.717) is 29.1 Å². The highest BCUT2D eigenvalue weighted by Gasteiger charge is 2.24. The zero-order valence-corrected chi connectivity index (χ0v) is 26.2. The Balaban J connectivity index is 1.23. The predicted molar refractivity (Wildman–Crippen MR) is 173 cm³/mol. The number of sulfone groups is 1. The van der Waals surface area contributed by atoms with Crippen LogP contribution in [0.2, 0.25) is 0 Å². The second kappa shape index (κ2) is 13.2. The smallest absolute Gasteiger partial charge is 0.250 e. The summed E-state index contributed by atoms with van der Waals surface area (Å²) in [6.45, 7) is 2.01. The fourth-order valence-corrected chi connectivity index (χ4v) is 6.50. The number of rotatable bonds is 11. The van der Waals surface area contributed by atoms with Crippen molar-refractivity contribution in [3.63, 3.8) is 0 Å². The number of aromatic nitrogens is 5. The van der Waals surface area contributed by atoms with Gasteiger partial charge in [0.25, 0.3) is 5.56 Å². The SMILES string of the molecule is Cc1cc(-c2ccc(=O)n(Cc3ccc4ncn(C)c4c3)c2)nc(S(=O)(=O)CCC(OCc2ccccc2F)c2ccccc2)n1. The molecule has 1 unspecified atom stereocenters. The molecule has 1 atom stereocenters. The molecule has 0 aliphatic rings. The average molecular weight is 638 g/mol. The summed E-state index contributed by atoms with van der Waals surface area (Å²) < 4.78 is 51.0. The van der Waals surface area contributed by atoms with Gasteiger partial charge in [-0.2, -0.15) is 0 Å². The van der Waals surface area contributed by atoms with Gasteiger partial charge in [-0.15, -0.1) is 0 Å². The lowest BCUT2D eigenvalue weighted by Crippen LogP contribution is -2.19. The van der Waals surface area contributed by atoms with Crippen LogP contribution >= 0.6 is 0 Å². The van der Waals surface area contributed by atoms with E-state index in [1.807, 2.05) is 60.1 Å². The maximum absolute atomic E-state index is 14.3. The summed E-state index contributed by atoms with van der Waals surface area (Å²) in [5.74, 6) is -0.675. The largest absolute Gasteiger partial charge is 0.369 e. The van der Waals surface area contributed by atoms with Crippen molar-refractivity contribution in [1.82, 2.24) is 24.1 Å². The van der Waals surface area contributed by atoms with Gasteiger partial charge in [0.05, 0.1) is 48.1 Å². The molecule has 9 nitrogen and oxygen atoms in total. The van der Waals surface area contributed by atoms with Crippen molar-refractivity contribution in [3.05, 3.63) is 142 Å². The van der Waals surface area contributed by atoms with Gasteiger partial charge in [0, 0.05) is 36.1 Å². The number of hydrogen-bond donors (Lipinski definition) is 0. The van der Waals surface area contributed by atoms with E-state index in [-0.39, 0.29) is 35.3 Å². The summed E-state index contributed by atoms with van der Waals surface area (Å²) in [5, 5.41) is -0.303. The van der Waals surface area contributed by atoms with E-state index in [9.17, 15) is 17.6 Å². The van der Waals surface area contributed by atoms with Crippen LogP contribution in [0, 0.1) is 12.7 Å². The number of ether oxygens (including phenoxy) is 1. The van der Waals surface area contributed by atoms with Crippen molar-refractivity contribution >= 4 is 20.9 Å². The molecule has 0 N–H and O–H groups in total. The van der Waals surface area contributed by atoms with Crippen LogP contribution in [-0.2, 0) is 34.8 Å². The van der Waals surface area contributed by atoms with Gasteiger partial charge >= 0.3 is 0 Å². The highest BCUT2D eigenvalue weighted by atomic mass is 32.2.